The van der Waals surface area contributed by atoms with Gasteiger partial charge in [0.1, 0.15) is 12.6 Å². The Bertz CT molecular complexity index is 1470. The second-order valence-electron chi connectivity index (χ2n) is 9.73. The second-order valence-corrected chi connectivity index (χ2v) is 13.3. The first-order chi connectivity index (χ1) is 19.1. The quantitative estimate of drug-likeness (QED) is 0.270. The minimum absolute atomic E-state index is 0.00814. The van der Waals surface area contributed by atoms with Gasteiger partial charge >= 0.3 is 0 Å². The van der Waals surface area contributed by atoms with Crippen molar-refractivity contribution in [3.8, 4) is 0 Å². The van der Waals surface area contributed by atoms with Gasteiger partial charge in [-0.1, -0.05) is 82.3 Å². The summed E-state index contributed by atoms with van der Waals surface area (Å²) in [6.45, 7) is 1.10. The molecule has 1 aliphatic rings. The Morgan fingerprint density at radius 1 is 1.00 bits per heavy atom. The van der Waals surface area contributed by atoms with Crippen molar-refractivity contribution in [3.05, 3.63) is 92.9 Å². The number of benzene rings is 3. The van der Waals surface area contributed by atoms with Crippen molar-refractivity contribution in [2.75, 3.05) is 10.8 Å². The van der Waals surface area contributed by atoms with Crippen LogP contribution in [0.2, 0.25) is 10.0 Å². The summed E-state index contributed by atoms with van der Waals surface area (Å²) in [5.41, 5.74) is 0.888. The standard InChI is InChI=1S/C29H30BrCl2N3O4S/c1-20(29(37)33-24-9-5-6-10-24)34(18-21-14-15-23(31)17-27(21)32)28(36)19-35(25-11-7-8-22(30)16-25)40(38,39)26-12-3-2-4-13-26/h2-4,7-8,11-17,20,24H,5-6,9-10,18-19H2,1H3,(H,33,37)/t20-/m0/s1. The van der Waals surface area contributed by atoms with E-state index in [1.54, 1.807) is 67.6 Å². The number of hydrogen-bond donors (Lipinski definition) is 1. The van der Waals surface area contributed by atoms with Crippen LogP contribution >= 0.6 is 39.1 Å². The number of nitrogens with one attached hydrogen (secondary N) is 1. The van der Waals surface area contributed by atoms with E-state index in [0.29, 0.717) is 25.8 Å². The molecule has 0 bridgehead atoms. The molecule has 1 N–H and O–H groups in total. The molecule has 1 aliphatic carbocycles. The maximum atomic E-state index is 14.0. The minimum atomic E-state index is -4.13. The number of anilines is 1. The first kappa shape index (κ1) is 30.4. The van der Waals surface area contributed by atoms with Crippen molar-refractivity contribution < 1.29 is 18.0 Å². The lowest BCUT2D eigenvalue weighted by Gasteiger charge is -2.32. The molecule has 212 valence electrons. The van der Waals surface area contributed by atoms with E-state index < -0.39 is 28.5 Å². The van der Waals surface area contributed by atoms with Crippen molar-refractivity contribution in [2.45, 2.75) is 56.1 Å². The van der Waals surface area contributed by atoms with Crippen LogP contribution in [0.4, 0.5) is 5.69 Å². The van der Waals surface area contributed by atoms with Crippen LogP contribution < -0.4 is 9.62 Å². The molecule has 0 saturated heterocycles. The van der Waals surface area contributed by atoms with E-state index >= 15 is 0 Å². The molecular weight excluding hydrogens is 637 g/mol. The smallest absolute Gasteiger partial charge is 0.264 e. The summed E-state index contributed by atoms with van der Waals surface area (Å²) in [5, 5.41) is 3.83. The van der Waals surface area contributed by atoms with Crippen LogP contribution in [0.3, 0.4) is 0 Å². The van der Waals surface area contributed by atoms with Crippen molar-refractivity contribution in [2.24, 2.45) is 0 Å². The Morgan fingerprint density at radius 2 is 1.70 bits per heavy atom. The maximum absolute atomic E-state index is 14.0. The van der Waals surface area contributed by atoms with Crippen molar-refractivity contribution in [1.82, 2.24) is 10.2 Å². The zero-order valence-corrected chi connectivity index (χ0v) is 25.8. The Balaban J connectivity index is 1.70. The van der Waals surface area contributed by atoms with Gasteiger partial charge in [0.05, 0.1) is 10.6 Å². The molecule has 0 unspecified atom stereocenters. The van der Waals surface area contributed by atoms with Crippen LogP contribution in [0.1, 0.15) is 38.2 Å². The number of halogens is 3. The fraction of sp³-hybridized carbons (Fsp3) is 0.310. The zero-order chi connectivity index (χ0) is 28.9. The number of carbonyl (C=O) groups is 2. The lowest BCUT2D eigenvalue weighted by atomic mass is 10.1. The van der Waals surface area contributed by atoms with Crippen LogP contribution in [0.5, 0.6) is 0 Å². The highest BCUT2D eigenvalue weighted by atomic mass is 79.9. The third kappa shape index (κ3) is 7.37. The molecule has 1 atom stereocenters. The van der Waals surface area contributed by atoms with Gasteiger partial charge in [-0.2, -0.15) is 0 Å². The Morgan fingerprint density at radius 3 is 2.35 bits per heavy atom. The fourth-order valence-electron chi connectivity index (χ4n) is 4.69. The van der Waals surface area contributed by atoms with Gasteiger partial charge in [-0.25, -0.2) is 8.42 Å². The first-order valence-corrected chi connectivity index (χ1v) is 15.9. The van der Waals surface area contributed by atoms with Crippen molar-refractivity contribution in [1.29, 1.82) is 0 Å². The summed E-state index contributed by atoms with van der Waals surface area (Å²) in [6.07, 6.45) is 3.87. The van der Waals surface area contributed by atoms with E-state index in [9.17, 15) is 18.0 Å². The summed E-state index contributed by atoms with van der Waals surface area (Å²) in [5.74, 6) is -0.857. The van der Waals surface area contributed by atoms with Gasteiger partial charge in [0, 0.05) is 27.1 Å². The Labute approximate surface area is 253 Å². The van der Waals surface area contributed by atoms with Gasteiger partial charge in [0.25, 0.3) is 10.0 Å². The van der Waals surface area contributed by atoms with E-state index in [4.69, 9.17) is 23.2 Å². The largest absolute Gasteiger partial charge is 0.352 e. The molecule has 0 spiro atoms. The predicted molar refractivity (Wildman–Crippen MR) is 162 cm³/mol. The third-order valence-corrected chi connectivity index (χ3v) is 9.80. The van der Waals surface area contributed by atoms with Gasteiger partial charge in [-0.3, -0.25) is 13.9 Å². The molecule has 0 radical (unpaired) electrons. The molecule has 40 heavy (non-hydrogen) atoms. The summed E-state index contributed by atoms with van der Waals surface area (Å²) >= 11 is 15.9. The molecular formula is C29H30BrCl2N3O4S. The summed E-state index contributed by atoms with van der Waals surface area (Å²) in [4.78, 5) is 28.7. The van der Waals surface area contributed by atoms with Crippen LogP contribution in [0.25, 0.3) is 0 Å². The van der Waals surface area contributed by atoms with Gasteiger partial charge in [-0.05, 0) is 67.8 Å². The lowest BCUT2D eigenvalue weighted by molar-refractivity contribution is -0.139. The summed E-state index contributed by atoms with van der Waals surface area (Å²) in [6, 6.07) is 18.7. The molecule has 1 fully saturated rings. The second kappa shape index (κ2) is 13.4. The average molecular weight is 667 g/mol. The molecule has 3 aromatic carbocycles. The number of hydrogen-bond acceptors (Lipinski definition) is 4. The lowest BCUT2D eigenvalue weighted by Crippen LogP contribution is -2.52. The number of rotatable bonds is 10. The minimum Gasteiger partial charge on any atom is -0.352 e. The van der Waals surface area contributed by atoms with Gasteiger partial charge < -0.3 is 10.2 Å². The van der Waals surface area contributed by atoms with Crippen LogP contribution in [-0.2, 0) is 26.2 Å². The van der Waals surface area contributed by atoms with E-state index in [2.05, 4.69) is 21.2 Å². The van der Waals surface area contributed by atoms with E-state index in [0.717, 1.165) is 30.0 Å². The highest BCUT2D eigenvalue weighted by Crippen LogP contribution is 2.28. The number of sulfonamides is 1. The number of carbonyl (C=O) groups excluding carboxylic acids is 2. The summed E-state index contributed by atoms with van der Waals surface area (Å²) in [7, 11) is -4.13. The third-order valence-electron chi connectivity index (χ3n) is 6.93. The number of nitrogens with zero attached hydrogens (tertiary/aromatic N) is 2. The molecule has 7 nitrogen and oxygen atoms in total. The highest BCUT2D eigenvalue weighted by molar-refractivity contribution is 9.10. The maximum Gasteiger partial charge on any atom is 0.264 e. The van der Waals surface area contributed by atoms with Gasteiger partial charge in [0.2, 0.25) is 11.8 Å². The van der Waals surface area contributed by atoms with Gasteiger partial charge in [0.15, 0.2) is 0 Å². The van der Waals surface area contributed by atoms with Crippen molar-refractivity contribution in [3.63, 3.8) is 0 Å². The average Bonchev–Trinajstić information content (AvgIpc) is 3.44. The van der Waals surface area contributed by atoms with Crippen molar-refractivity contribution >= 4 is 66.7 Å². The molecule has 0 heterocycles. The zero-order valence-electron chi connectivity index (χ0n) is 21.9. The molecule has 0 aliphatic heterocycles. The molecule has 3 aromatic rings. The van der Waals surface area contributed by atoms with Crippen LogP contribution in [0, 0.1) is 0 Å². The molecule has 2 amide bonds. The van der Waals surface area contributed by atoms with Gasteiger partial charge in [-0.15, -0.1) is 0 Å². The Kier molecular flexibility index (Phi) is 10.2. The highest BCUT2D eigenvalue weighted by Gasteiger charge is 2.33. The Hall–Kier alpha value is -2.59. The predicted octanol–water partition coefficient (Wildman–Crippen LogP) is 6.43. The van der Waals surface area contributed by atoms with E-state index in [1.807, 2.05) is 0 Å². The van der Waals surface area contributed by atoms with E-state index in [-0.39, 0.29) is 23.4 Å². The molecule has 4 rings (SSSR count). The number of amides is 2. The van der Waals surface area contributed by atoms with E-state index in [1.165, 1.54) is 17.0 Å². The molecule has 0 aromatic heterocycles. The molecule has 11 heteroatoms. The van der Waals surface area contributed by atoms with Crippen LogP contribution in [0.15, 0.2) is 82.2 Å². The van der Waals surface area contributed by atoms with Crippen LogP contribution in [-0.4, -0.2) is 43.8 Å². The fourth-order valence-corrected chi connectivity index (χ4v) is 6.97. The monoisotopic (exact) mass is 665 g/mol. The summed E-state index contributed by atoms with van der Waals surface area (Å²) < 4.78 is 29.3. The first-order valence-electron chi connectivity index (χ1n) is 12.9. The molecule has 1 saturated carbocycles. The normalized spacial score (nSPS) is 14.5. The SMILES string of the molecule is C[C@@H](C(=O)NC1CCCC1)N(Cc1ccc(Cl)cc1Cl)C(=O)CN(c1cccc(Br)c1)S(=O)(=O)c1ccccc1. The topological polar surface area (TPSA) is 86.8 Å².